The van der Waals surface area contributed by atoms with Crippen LogP contribution in [0.2, 0.25) is 0 Å². The summed E-state index contributed by atoms with van der Waals surface area (Å²) in [4.78, 5) is 15.8. The van der Waals surface area contributed by atoms with E-state index in [2.05, 4.69) is 4.52 Å². The van der Waals surface area contributed by atoms with Crippen LogP contribution in [0.1, 0.15) is 6.92 Å². The van der Waals surface area contributed by atoms with Gasteiger partial charge in [0, 0.05) is 0 Å². The fourth-order valence-corrected chi connectivity index (χ4v) is 0.505. The molecule has 0 fully saturated rings. The summed E-state index contributed by atoms with van der Waals surface area (Å²) in [5.74, 6) is 0. The van der Waals surface area contributed by atoms with E-state index in [1.807, 2.05) is 0 Å². The zero-order valence-electron chi connectivity index (χ0n) is 4.68. The zero-order valence-corrected chi connectivity index (χ0v) is 7.21. The van der Waals surface area contributed by atoms with Gasteiger partial charge in [-0.3, -0.25) is 4.52 Å². The number of phosphoric ester groups is 1. The Hall–Kier alpha value is 0.690. The third-order valence-corrected chi connectivity index (χ3v) is 0.892. The van der Waals surface area contributed by atoms with Gasteiger partial charge in [-0.1, -0.05) is 0 Å². The molecule has 0 aromatic heterocycles. The molecular weight excluding hydrogens is 190 g/mol. The summed E-state index contributed by atoms with van der Waals surface area (Å²) in [6, 6.07) is 0. The Kier molecular flexibility index (Phi) is 12.4. The highest BCUT2D eigenvalue weighted by Crippen LogP contribution is 2.34. The zero-order chi connectivity index (χ0) is 5.91. The molecule has 0 aromatic carbocycles. The molecule has 0 atom stereocenters. The van der Waals surface area contributed by atoms with Gasteiger partial charge < -0.3 is 9.79 Å². The lowest BCUT2D eigenvalue weighted by Crippen LogP contribution is -1.84. The topological polar surface area (TPSA) is 66.8 Å². The lowest BCUT2D eigenvalue weighted by Gasteiger charge is -1.98. The van der Waals surface area contributed by atoms with E-state index in [4.69, 9.17) is 9.79 Å². The van der Waals surface area contributed by atoms with Crippen molar-refractivity contribution < 1.29 is 18.9 Å². The molecule has 0 unspecified atom stereocenters. The van der Waals surface area contributed by atoms with Crippen LogP contribution in [0.15, 0.2) is 0 Å². The summed E-state index contributed by atoms with van der Waals surface area (Å²) in [6.45, 7) is 1.56. The fourth-order valence-electron chi connectivity index (χ4n) is 0.168. The first-order valence-corrected chi connectivity index (χ1v) is 3.29. The Bertz CT molecular complexity index is 90.6. The van der Waals surface area contributed by atoms with Crippen molar-refractivity contribution in [3.8, 4) is 0 Å². The average Bonchev–Trinajstić information content (AvgIpc) is 1.30. The van der Waals surface area contributed by atoms with Crippen molar-refractivity contribution in [3.05, 3.63) is 0 Å². The third kappa shape index (κ3) is 17.7. The van der Waals surface area contributed by atoms with Crippen LogP contribution in [-0.2, 0) is 9.09 Å². The summed E-state index contributed by atoms with van der Waals surface area (Å²) in [7, 11) is -4.17. The van der Waals surface area contributed by atoms with E-state index in [9.17, 15) is 4.57 Å². The lowest BCUT2D eigenvalue weighted by atomic mass is 10.9. The van der Waals surface area contributed by atoms with Gasteiger partial charge in [0.1, 0.15) is 0 Å². The predicted octanol–water partition coefficient (Wildman–Crippen LogP) is 0.959. The van der Waals surface area contributed by atoms with Gasteiger partial charge in [-0.25, -0.2) is 4.57 Å². The second-order valence-corrected chi connectivity index (χ2v) is 2.15. The van der Waals surface area contributed by atoms with Gasteiger partial charge in [0.2, 0.25) is 0 Å². The van der Waals surface area contributed by atoms with E-state index in [1.54, 1.807) is 0 Å². The molecule has 60 valence electrons. The molecule has 0 bridgehead atoms. The van der Waals surface area contributed by atoms with Gasteiger partial charge in [0.05, 0.1) is 6.61 Å². The molecule has 0 aromatic rings. The van der Waals surface area contributed by atoms with Crippen molar-refractivity contribution in [2.24, 2.45) is 0 Å². The van der Waals surface area contributed by atoms with E-state index in [0.29, 0.717) is 0 Å². The lowest BCUT2D eigenvalue weighted by molar-refractivity contribution is 0.206. The standard InChI is InChI=1S/C2H7O4P.2ClH/c1-2-6-7(3,4)5;;/h2H2,1H3,(H2,3,4,5);2*1H. The van der Waals surface area contributed by atoms with E-state index in [1.165, 1.54) is 6.92 Å². The molecule has 0 aliphatic rings. The molecule has 0 amide bonds. The summed E-state index contributed by atoms with van der Waals surface area (Å²) >= 11 is 0. The number of halogens is 2. The van der Waals surface area contributed by atoms with Crippen molar-refractivity contribution in [2.75, 3.05) is 6.61 Å². The summed E-state index contributed by atoms with van der Waals surface area (Å²) in [5, 5.41) is 0. The van der Waals surface area contributed by atoms with Gasteiger partial charge in [-0.05, 0) is 6.92 Å². The van der Waals surface area contributed by atoms with E-state index in [0.717, 1.165) is 0 Å². The molecule has 0 rings (SSSR count). The highest BCUT2D eigenvalue weighted by molar-refractivity contribution is 7.46. The predicted molar refractivity (Wildman–Crippen MR) is 38.2 cm³/mol. The molecule has 2 N–H and O–H groups in total. The Balaban J connectivity index is -0.000000180. The highest BCUT2D eigenvalue weighted by Gasteiger charge is 2.10. The number of hydrogen-bond acceptors (Lipinski definition) is 2. The first-order valence-electron chi connectivity index (χ1n) is 1.76. The third-order valence-electron chi connectivity index (χ3n) is 0.297. The molecule has 0 heterocycles. The molecule has 7 heteroatoms. The van der Waals surface area contributed by atoms with Crippen molar-refractivity contribution in [2.45, 2.75) is 6.92 Å². The van der Waals surface area contributed by atoms with E-state index >= 15 is 0 Å². The average molecular weight is 199 g/mol. The Labute approximate surface area is 65.7 Å². The minimum atomic E-state index is -4.17. The van der Waals surface area contributed by atoms with Crippen molar-refractivity contribution >= 4 is 32.6 Å². The van der Waals surface area contributed by atoms with E-state index < -0.39 is 7.82 Å². The molecule has 9 heavy (non-hydrogen) atoms. The van der Waals surface area contributed by atoms with Gasteiger partial charge in [0.15, 0.2) is 0 Å². The van der Waals surface area contributed by atoms with Crippen LogP contribution < -0.4 is 0 Å². The normalized spacial score (nSPS) is 9.22. The molecule has 4 nitrogen and oxygen atoms in total. The minimum absolute atomic E-state index is 0. The largest absolute Gasteiger partial charge is 0.469 e. The van der Waals surface area contributed by atoms with Gasteiger partial charge in [-0.15, -0.1) is 24.8 Å². The Morgan fingerprint density at radius 3 is 1.78 bits per heavy atom. The van der Waals surface area contributed by atoms with Crippen molar-refractivity contribution in [1.29, 1.82) is 0 Å². The SMILES string of the molecule is CCOP(=O)(O)O.Cl.Cl. The summed E-state index contributed by atoms with van der Waals surface area (Å²) < 4.78 is 13.6. The first-order chi connectivity index (χ1) is 3.06. The van der Waals surface area contributed by atoms with Crippen LogP contribution in [0.3, 0.4) is 0 Å². The maximum Gasteiger partial charge on any atom is 0.469 e. The van der Waals surface area contributed by atoms with Gasteiger partial charge in [0.25, 0.3) is 0 Å². The Morgan fingerprint density at radius 2 is 1.78 bits per heavy atom. The van der Waals surface area contributed by atoms with Crippen LogP contribution in [0.4, 0.5) is 0 Å². The van der Waals surface area contributed by atoms with Crippen LogP contribution >= 0.6 is 32.6 Å². The van der Waals surface area contributed by atoms with Crippen LogP contribution in [0.5, 0.6) is 0 Å². The molecule has 0 spiro atoms. The Morgan fingerprint density at radius 1 is 1.44 bits per heavy atom. The second kappa shape index (κ2) is 6.81. The van der Waals surface area contributed by atoms with Crippen LogP contribution in [-0.4, -0.2) is 16.4 Å². The van der Waals surface area contributed by atoms with E-state index in [-0.39, 0.29) is 31.4 Å². The molecule has 0 saturated heterocycles. The fraction of sp³-hybridized carbons (Fsp3) is 1.00. The maximum atomic E-state index is 9.70. The number of phosphoric acid groups is 1. The highest BCUT2D eigenvalue weighted by atomic mass is 35.5. The van der Waals surface area contributed by atoms with Crippen molar-refractivity contribution in [3.63, 3.8) is 0 Å². The quantitative estimate of drug-likeness (QED) is 0.650. The summed E-state index contributed by atoms with van der Waals surface area (Å²) in [6.07, 6.45) is 0. The van der Waals surface area contributed by atoms with Gasteiger partial charge in [-0.2, -0.15) is 0 Å². The maximum absolute atomic E-state index is 9.70. The van der Waals surface area contributed by atoms with Crippen LogP contribution in [0.25, 0.3) is 0 Å². The molecule has 0 aliphatic carbocycles. The van der Waals surface area contributed by atoms with Crippen LogP contribution in [0, 0.1) is 0 Å². The number of rotatable bonds is 2. The summed E-state index contributed by atoms with van der Waals surface area (Å²) in [5.41, 5.74) is 0. The molecule has 0 aliphatic heterocycles. The number of hydrogen-bond donors (Lipinski definition) is 2. The molecule has 0 radical (unpaired) electrons. The first kappa shape index (κ1) is 16.3. The minimum Gasteiger partial charge on any atom is -0.303 e. The smallest absolute Gasteiger partial charge is 0.303 e. The van der Waals surface area contributed by atoms with Gasteiger partial charge >= 0.3 is 7.82 Å². The molecule has 0 saturated carbocycles. The van der Waals surface area contributed by atoms with Crippen molar-refractivity contribution in [1.82, 2.24) is 0 Å². The monoisotopic (exact) mass is 198 g/mol. The second-order valence-electron chi connectivity index (χ2n) is 0.908. The molecular formula is C2H9Cl2O4P.